The highest BCUT2D eigenvalue weighted by molar-refractivity contribution is 5.71. The molecule has 2 fully saturated rings. The average molecular weight is 227 g/mol. The van der Waals surface area contributed by atoms with Gasteiger partial charge in [-0.15, -0.1) is 0 Å². The van der Waals surface area contributed by atoms with E-state index in [0.29, 0.717) is 19.3 Å². The topological polar surface area (TPSA) is 49.8 Å². The largest absolute Gasteiger partial charge is 0.481 e. The highest BCUT2D eigenvalue weighted by atomic mass is 16.5. The van der Waals surface area contributed by atoms with Crippen molar-refractivity contribution in [2.75, 3.05) is 19.8 Å². The summed E-state index contributed by atoms with van der Waals surface area (Å²) < 4.78 is 5.35. The molecule has 2 atom stereocenters. The lowest BCUT2D eigenvalue weighted by Crippen LogP contribution is -2.47. The number of aliphatic carboxylic acids is 1. The standard InChI is InChI=1S/C12H21NO3/c1-2-13(9-5-3-4-6-9)11-8-16-7-10(11)12(14)15/h9-11H,2-8H2,1H3,(H,14,15). The van der Waals surface area contributed by atoms with Gasteiger partial charge in [0.15, 0.2) is 0 Å². The summed E-state index contributed by atoms with van der Waals surface area (Å²) in [5.74, 6) is -1.04. The molecule has 0 aromatic rings. The molecule has 1 aliphatic carbocycles. The van der Waals surface area contributed by atoms with Crippen LogP contribution in [-0.2, 0) is 9.53 Å². The van der Waals surface area contributed by atoms with Crippen molar-refractivity contribution in [2.24, 2.45) is 5.92 Å². The zero-order valence-electron chi connectivity index (χ0n) is 9.89. The summed E-state index contributed by atoms with van der Waals surface area (Å²) in [7, 11) is 0. The van der Waals surface area contributed by atoms with E-state index in [1.165, 1.54) is 25.7 Å². The second kappa shape index (κ2) is 5.15. The van der Waals surface area contributed by atoms with E-state index >= 15 is 0 Å². The number of hydrogen-bond donors (Lipinski definition) is 1. The fraction of sp³-hybridized carbons (Fsp3) is 0.917. The zero-order valence-corrected chi connectivity index (χ0v) is 9.89. The smallest absolute Gasteiger partial charge is 0.310 e. The lowest BCUT2D eigenvalue weighted by Gasteiger charge is -2.34. The van der Waals surface area contributed by atoms with Gasteiger partial charge in [0.2, 0.25) is 0 Å². The molecule has 0 radical (unpaired) electrons. The number of nitrogens with zero attached hydrogens (tertiary/aromatic N) is 1. The predicted octanol–water partition coefficient (Wildman–Crippen LogP) is 1.35. The molecule has 1 heterocycles. The van der Waals surface area contributed by atoms with Gasteiger partial charge in [0.1, 0.15) is 0 Å². The Morgan fingerprint density at radius 2 is 2.06 bits per heavy atom. The maximum atomic E-state index is 11.1. The van der Waals surface area contributed by atoms with Crippen LogP contribution in [0.1, 0.15) is 32.6 Å². The third-order valence-corrected chi connectivity index (χ3v) is 3.95. The van der Waals surface area contributed by atoms with E-state index in [1.807, 2.05) is 0 Å². The summed E-state index contributed by atoms with van der Waals surface area (Å²) in [4.78, 5) is 13.5. The molecular formula is C12H21NO3. The van der Waals surface area contributed by atoms with Gasteiger partial charge < -0.3 is 9.84 Å². The fourth-order valence-electron chi connectivity index (χ4n) is 3.11. The van der Waals surface area contributed by atoms with E-state index in [0.717, 1.165) is 6.54 Å². The molecule has 2 aliphatic rings. The molecule has 1 aliphatic heterocycles. The molecule has 4 heteroatoms. The fourth-order valence-corrected chi connectivity index (χ4v) is 3.11. The first kappa shape index (κ1) is 11.9. The Bertz CT molecular complexity index is 251. The lowest BCUT2D eigenvalue weighted by molar-refractivity contribution is -0.143. The van der Waals surface area contributed by atoms with E-state index < -0.39 is 5.97 Å². The Balaban J connectivity index is 2.04. The van der Waals surface area contributed by atoms with Crippen LogP contribution < -0.4 is 0 Å². The van der Waals surface area contributed by atoms with Crippen molar-refractivity contribution in [2.45, 2.75) is 44.7 Å². The number of carboxylic acids is 1. The second-order valence-corrected chi connectivity index (χ2v) is 4.82. The third-order valence-electron chi connectivity index (χ3n) is 3.95. The van der Waals surface area contributed by atoms with Crippen LogP contribution in [0.15, 0.2) is 0 Å². The lowest BCUT2D eigenvalue weighted by atomic mass is 10.00. The van der Waals surface area contributed by atoms with Gasteiger partial charge in [-0.1, -0.05) is 19.8 Å². The summed E-state index contributed by atoms with van der Waals surface area (Å²) in [5.41, 5.74) is 0. The van der Waals surface area contributed by atoms with Gasteiger partial charge in [0, 0.05) is 12.1 Å². The molecule has 1 N–H and O–H groups in total. The van der Waals surface area contributed by atoms with Crippen LogP contribution in [0.4, 0.5) is 0 Å². The summed E-state index contributed by atoms with van der Waals surface area (Å²) >= 11 is 0. The van der Waals surface area contributed by atoms with Crippen molar-refractivity contribution in [1.82, 2.24) is 4.90 Å². The molecule has 1 saturated carbocycles. The van der Waals surface area contributed by atoms with Crippen LogP contribution >= 0.6 is 0 Å². The van der Waals surface area contributed by atoms with E-state index in [-0.39, 0.29) is 12.0 Å². The second-order valence-electron chi connectivity index (χ2n) is 4.82. The van der Waals surface area contributed by atoms with Gasteiger partial charge in [-0.2, -0.15) is 0 Å². The molecule has 4 nitrogen and oxygen atoms in total. The third kappa shape index (κ3) is 2.23. The summed E-state index contributed by atoms with van der Waals surface area (Å²) in [5, 5.41) is 9.16. The van der Waals surface area contributed by atoms with Crippen LogP contribution in [0.5, 0.6) is 0 Å². The SMILES string of the molecule is CCN(C1CCCC1)C1COCC1C(=O)O. The van der Waals surface area contributed by atoms with Gasteiger partial charge in [-0.25, -0.2) is 0 Å². The first-order chi connectivity index (χ1) is 7.74. The Morgan fingerprint density at radius 1 is 1.38 bits per heavy atom. The van der Waals surface area contributed by atoms with Crippen molar-refractivity contribution in [3.8, 4) is 0 Å². The van der Waals surface area contributed by atoms with Crippen molar-refractivity contribution >= 4 is 5.97 Å². The molecule has 2 rings (SSSR count). The van der Waals surface area contributed by atoms with Crippen molar-refractivity contribution in [3.63, 3.8) is 0 Å². The van der Waals surface area contributed by atoms with Crippen molar-refractivity contribution in [3.05, 3.63) is 0 Å². The predicted molar refractivity (Wildman–Crippen MR) is 60.4 cm³/mol. The van der Waals surface area contributed by atoms with E-state index in [2.05, 4.69) is 11.8 Å². The number of carboxylic acid groups (broad SMARTS) is 1. The first-order valence-electron chi connectivity index (χ1n) is 6.30. The number of hydrogen-bond acceptors (Lipinski definition) is 3. The van der Waals surface area contributed by atoms with Gasteiger partial charge in [-0.3, -0.25) is 9.69 Å². The molecule has 2 unspecified atom stereocenters. The molecule has 16 heavy (non-hydrogen) atoms. The molecule has 0 amide bonds. The molecule has 1 saturated heterocycles. The highest BCUT2D eigenvalue weighted by Gasteiger charge is 2.40. The van der Waals surface area contributed by atoms with Gasteiger partial charge >= 0.3 is 5.97 Å². The van der Waals surface area contributed by atoms with Crippen LogP contribution in [0.2, 0.25) is 0 Å². The van der Waals surface area contributed by atoms with Crippen LogP contribution in [0.25, 0.3) is 0 Å². The number of carbonyl (C=O) groups is 1. The Labute approximate surface area is 96.6 Å². The minimum atomic E-state index is -0.709. The van der Waals surface area contributed by atoms with E-state index in [9.17, 15) is 4.79 Å². The van der Waals surface area contributed by atoms with E-state index in [1.54, 1.807) is 0 Å². The minimum absolute atomic E-state index is 0.0885. The maximum absolute atomic E-state index is 11.1. The monoisotopic (exact) mass is 227 g/mol. The van der Waals surface area contributed by atoms with Crippen LogP contribution in [0, 0.1) is 5.92 Å². The molecule has 92 valence electrons. The molecule has 0 spiro atoms. The Hall–Kier alpha value is -0.610. The van der Waals surface area contributed by atoms with Gasteiger partial charge in [0.25, 0.3) is 0 Å². The van der Waals surface area contributed by atoms with Gasteiger partial charge in [0.05, 0.1) is 19.1 Å². The average Bonchev–Trinajstić information content (AvgIpc) is 2.88. The summed E-state index contributed by atoms with van der Waals surface area (Å²) in [6.45, 7) is 4.02. The Morgan fingerprint density at radius 3 is 2.62 bits per heavy atom. The van der Waals surface area contributed by atoms with Crippen LogP contribution in [0.3, 0.4) is 0 Å². The van der Waals surface area contributed by atoms with Crippen molar-refractivity contribution < 1.29 is 14.6 Å². The quantitative estimate of drug-likeness (QED) is 0.787. The molecule has 0 aromatic carbocycles. The van der Waals surface area contributed by atoms with Crippen LogP contribution in [-0.4, -0.2) is 47.8 Å². The maximum Gasteiger partial charge on any atom is 0.310 e. The number of rotatable bonds is 4. The zero-order chi connectivity index (χ0) is 11.5. The normalized spacial score (nSPS) is 31.4. The van der Waals surface area contributed by atoms with Crippen molar-refractivity contribution in [1.29, 1.82) is 0 Å². The number of ether oxygens (including phenoxy) is 1. The summed E-state index contributed by atoms with van der Waals surface area (Å²) in [6.07, 6.45) is 5.01. The molecule has 0 aromatic heterocycles. The highest BCUT2D eigenvalue weighted by Crippen LogP contribution is 2.29. The van der Waals surface area contributed by atoms with Gasteiger partial charge in [-0.05, 0) is 19.4 Å². The first-order valence-corrected chi connectivity index (χ1v) is 6.30. The minimum Gasteiger partial charge on any atom is -0.481 e. The van der Waals surface area contributed by atoms with E-state index in [4.69, 9.17) is 9.84 Å². The Kier molecular flexibility index (Phi) is 3.82. The molecule has 0 bridgehead atoms. The number of likely N-dealkylation sites (N-methyl/N-ethyl adjacent to an activating group) is 1. The summed E-state index contributed by atoms with van der Waals surface area (Å²) in [6, 6.07) is 0.671. The molecular weight excluding hydrogens is 206 g/mol.